The number of benzene rings is 1. The molecule has 4 heteroatoms. The van der Waals surface area contributed by atoms with Crippen molar-refractivity contribution >= 4 is 23.2 Å². The largest absolute Gasteiger partial charge is 0.312 e. The van der Waals surface area contributed by atoms with Gasteiger partial charge in [-0.1, -0.05) is 24.6 Å². The monoisotopic (exact) mass is 249 g/mol. The lowest BCUT2D eigenvalue weighted by atomic mass is 10.2. The van der Waals surface area contributed by atoms with Gasteiger partial charge < -0.3 is 5.32 Å². The average molecular weight is 250 g/mol. The number of nitrogens with one attached hydrogen (secondary N) is 1. The lowest BCUT2D eigenvalue weighted by molar-refractivity contribution is 0.556. The fourth-order valence-electron chi connectivity index (χ4n) is 1.17. The minimum Gasteiger partial charge on any atom is -0.312 e. The Morgan fingerprint density at radius 3 is 2.80 bits per heavy atom. The van der Waals surface area contributed by atoms with Crippen LogP contribution in [0.25, 0.3) is 0 Å². The zero-order chi connectivity index (χ0) is 11.3. The molecule has 0 aromatic heterocycles. The van der Waals surface area contributed by atoms with E-state index < -0.39 is 0 Å². The van der Waals surface area contributed by atoms with Crippen molar-refractivity contribution in [1.29, 1.82) is 0 Å². The maximum absolute atomic E-state index is 12.8. The van der Waals surface area contributed by atoms with E-state index in [1.807, 2.05) is 0 Å². The molecule has 0 fully saturated rings. The first-order chi connectivity index (χ1) is 7.13. The lowest BCUT2D eigenvalue weighted by Crippen LogP contribution is -2.21. The van der Waals surface area contributed by atoms with Gasteiger partial charge in [0.2, 0.25) is 0 Å². The third-order valence-electron chi connectivity index (χ3n) is 2.07. The van der Waals surface area contributed by atoms with E-state index in [2.05, 4.69) is 12.2 Å². The van der Waals surface area contributed by atoms with Gasteiger partial charge >= 0.3 is 0 Å². The van der Waals surface area contributed by atoms with Crippen molar-refractivity contribution in [2.24, 2.45) is 5.92 Å². The second-order valence-corrected chi connectivity index (χ2v) is 4.35. The molecule has 0 spiro atoms. The highest BCUT2D eigenvalue weighted by Crippen LogP contribution is 2.15. The van der Waals surface area contributed by atoms with Gasteiger partial charge in [-0.2, -0.15) is 0 Å². The minimum atomic E-state index is -0.380. The van der Waals surface area contributed by atoms with Gasteiger partial charge in [0.25, 0.3) is 0 Å². The van der Waals surface area contributed by atoms with E-state index >= 15 is 0 Å². The van der Waals surface area contributed by atoms with Crippen LogP contribution in [0.1, 0.15) is 12.5 Å². The molecule has 1 atom stereocenters. The van der Waals surface area contributed by atoms with Crippen LogP contribution in [0.15, 0.2) is 18.2 Å². The first-order valence-corrected chi connectivity index (χ1v) is 5.75. The molecule has 0 aliphatic carbocycles. The first-order valence-electron chi connectivity index (χ1n) is 4.84. The van der Waals surface area contributed by atoms with Crippen molar-refractivity contribution in [2.75, 3.05) is 12.4 Å². The van der Waals surface area contributed by atoms with E-state index in [0.29, 0.717) is 18.3 Å². The average Bonchev–Trinajstić information content (AvgIpc) is 2.23. The molecule has 0 radical (unpaired) electrons. The van der Waals surface area contributed by atoms with Gasteiger partial charge in [0.15, 0.2) is 0 Å². The normalized spacial score (nSPS) is 12.8. The van der Waals surface area contributed by atoms with Gasteiger partial charge in [-0.25, -0.2) is 4.39 Å². The van der Waals surface area contributed by atoms with Crippen molar-refractivity contribution in [1.82, 2.24) is 5.32 Å². The van der Waals surface area contributed by atoms with E-state index in [9.17, 15) is 4.39 Å². The molecule has 0 aliphatic rings. The van der Waals surface area contributed by atoms with Crippen LogP contribution >= 0.6 is 23.2 Å². The summed E-state index contributed by atoms with van der Waals surface area (Å²) in [4.78, 5) is 0. The molecule has 1 nitrogen and oxygen atoms in total. The fourth-order valence-corrected chi connectivity index (χ4v) is 1.48. The molecule has 0 heterocycles. The first kappa shape index (κ1) is 12.8. The van der Waals surface area contributed by atoms with Crippen LogP contribution in [-0.2, 0) is 6.54 Å². The molecule has 0 saturated heterocycles. The SMILES string of the molecule is CC(CCl)CNCc1ccc(F)c(Cl)c1. The Balaban J connectivity index is 2.41. The van der Waals surface area contributed by atoms with Gasteiger partial charge in [-0.15, -0.1) is 11.6 Å². The summed E-state index contributed by atoms with van der Waals surface area (Å²) < 4.78 is 12.8. The van der Waals surface area contributed by atoms with Crippen LogP contribution in [0, 0.1) is 11.7 Å². The topological polar surface area (TPSA) is 12.0 Å². The van der Waals surface area contributed by atoms with E-state index in [0.717, 1.165) is 12.1 Å². The summed E-state index contributed by atoms with van der Waals surface area (Å²) in [7, 11) is 0. The highest BCUT2D eigenvalue weighted by molar-refractivity contribution is 6.30. The fraction of sp³-hybridized carbons (Fsp3) is 0.455. The molecule has 0 aliphatic heterocycles. The number of hydrogen-bond donors (Lipinski definition) is 1. The van der Waals surface area contributed by atoms with Crippen LogP contribution in [0.3, 0.4) is 0 Å². The zero-order valence-electron chi connectivity index (χ0n) is 8.56. The molecule has 15 heavy (non-hydrogen) atoms. The molecule has 1 aromatic carbocycles. The Morgan fingerprint density at radius 1 is 1.47 bits per heavy atom. The summed E-state index contributed by atoms with van der Waals surface area (Å²) in [5.41, 5.74) is 0.975. The third-order valence-corrected chi connectivity index (χ3v) is 2.89. The third kappa shape index (κ3) is 4.37. The summed E-state index contributed by atoms with van der Waals surface area (Å²) in [6.45, 7) is 3.59. The Morgan fingerprint density at radius 2 is 2.20 bits per heavy atom. The highest BCUT2D eigenvalue weighted by Gasteiger charge is 2.02. The number of rotatable bonds is 5. The molecule has 1 aromatic rings. The molecule has 1 N–H and O–H groups in total. The standard InChI is InChI=1S/C11H14Cl2FN/c1-8(5-12)6-15-7-9-2-3-11(14)10(13)4-9/h2-4,8,15H,5-7H2,1H3. The predicted molar refractivity (Wildman–Crippen MR) is 63.0 cm³/mol. The quantitative estimate of drug-likeness (QED) is 0.789. The molecular weight excluding hydrogens is 236 g/mol. The van der Waals surface area contributed by atoms with Crippen LogP contribution in [0.4, 0.5) is 4.39 Å². The summed E-state index contributed by atoms with van der Waals surface area (Å²) in [5.74, 6) is 0.689. The van der Waals surface area contributed by atoms with Crippen molar-refractivity contribution in [2.45, 2.75) is 13.5 Å². The molecule has 0 bridgehead atoms. The number of alkyl halides is 1. The molecule has 1 rings (SSSR count). The summed E-state index contributed by atoms with van der Waals surface area (Å²) in [6, 6.07) is 4.74. The second kappa shape index (κ2) is 6.31. The van der Waals surface area contributed by atoms with Gasteiger partial charge in [0, 0.05) is 12.4 Å². The Bertz CT molecular complexity index is 317. The maximum atomic E-state index is 12.8. The van der Waals surface area contributed by atoms with Crippen molar-refractivity contribution in [3.05, 3.63) is 34.6 Å². The molecule has 0 amide bonds. The molecule has 84 valence electrons. The van der Waals surface area contributed by atoms with Crippen LogP contribution in [0.2, 0.25) is 5.02 Å². The lowest BCUT2D eigenvalue weighted by Gasteiger charge is -2.09. The molecule has 0 saturated carbocycles. The molecular formula is C11H14Cl2FN. The van der Waals surface area contributed by atoms with Gasteiger partial charge in [0.1, 0.15) is 5.82 Å². The highest BCUT2D eigenvalue weighted by atomic mass is 35.5. The van der Waals surface area contributed by atoms with Crippen LogP contribution in [-0.4, -0.2) is 12.4 Å². The van der Waals surface area contributed by atoms with Gasteiger partial charge in [0.05, 0.1) is 5.02 Å². The van der Waals surface area contributed by atoms with Gasteiger partial charge in [-0.05, 0) is 30.2 Å². The molecule has 1 unspecified atom stereocenters. The van der Waals surface area contributed by atoms with Crippen molar-refractivity contribution in [3.63, 3.8) is 0 Å². The number of hydrogen-bond acceptors (Lipinski definition) is 1. The van der Waals surface area contributed by atoms with Crippen LogP contribution in [0.5, 0.6) is 0 Å². The smallest absolute Gasteiger partial charge is 0.141 e. The van der Waals surface area contributed by atoms with E-state index in [4.69, 9.17) is 23.2 Å². The number of halogens is 3. The Kier molecular flexibility index (Phi) is 5.37. The maximum Gasteiger partial charge on any atom is 0.141 e. The summed E-state index contributed by atoms with van der Waals surface area (Å²) in [5, 5.41) is 3.40. The van der Waals surface area contributed by atoms with Crippen molar-refractivity contribution in [3.8, 4) is 0 Å². The Labute approximate surface area is 99.6 Å². The van der Waals surface area contributed by atoms with E-state index in [1.54, 1.807) is 12.1 Å². The second-order valence-electron chi connectivity index (χ2n) is 3.64. The summed E-state index contributed by atoms with van der Waals surface area (Å²) >= 11 is 11.3. The van der Waals surface area contributed by atoms with Crippen LogP contribution < -0.4 is 5.32 Å². The van der Waals surface area contributed by atoms with E-state index in [1.165, 1.54) is 6.07 Å². The zero-order valence-corrected chi connectivity index (χ0v) is 10.1. The predicted octanol–water partition coefficient (Wildman–Crippen LogP) is 3.44. The summed E-state index contributed by atoms with van der Waals surface area (Å²) in [6.07, 6.45) is 0. The van der Waals surface area contributed by atoms with Gasteiger partial charge in [-0.3, -0.25) is 0 Å². The van der Waals surface area contributed by atoms with Crippen molar-refractivity contribution < 1.29 is 4.39 Å². The Hall–Kier alpha value is -0.310. The minimum absolute atomic E-state index is 0.166. The van der Waals surface area contributed by atoms with E-state index in [-0.39, 0.29) is 10.8 Å².